The Kier molecular flexibility index (Phi) is 3.72. The van der Waals surface area contributed by atoms with Gasteiger partial charge in [-0.05, 0) is 36.2 Å². The Morgan fingerprint density at radius 3 is 1.77 bits per heavy atom. The molecule has 0 aliphatic carbocycles. The molecule has 3 heteroatoms. The van der Waals surface area contributed by atoms with Crippen molar-refractivity contribution < 1.29 is 13.2 Å². The number of benzene rings is 3. The summed E-state index contributed by atoms with van der Waals surface area (Å²) in [5, 5.41) is 0. The molecule has 0 amide bonds. The van der Waals surface area contributed by atoms with Crippen molar-refractivity contribution >= 4 is 0 Å². The molecule has 3 aromatic carbocycles. The minimum atomic E-state index is -0.706. The summed E-state index contributed by atoms with van der Waals surface area (Å²) in [5.74, 6) is -1.80. The van der Waals surface area contributed by atoms with Gasteiger partial charge >= 0.3 is 0 Å². The van der Waals surface area contributed by atoms with Gasteiger partial charge in [0, 0.05) is 17.2 Å². The van der Waals surface area contributed by atoms with Gasteiger partial charge in [-0.1, -0.05) is 42.0 Å². The van der Waals surface area contributed by atoms with Crippen LogP contribution >= 0.6 is 0 Å². The maximum atomic E-state index is 14.3. The second-order valence-corrected chi connectivity index (χ2v) is 5.18. The van der Waals surface area contributed by atoms with Gasteiger partial charge in [-0.25, -0.2) is 13.2 Å². The van der Waals surface area contributed by atoms with Crippen LogP contribution in [-0.2, 0) is 0 Å². The lowest BCUT2D eigenvalue weighted by Gasteiger charge is -2.08. The number of aryl methyl sites for hydroxylation is 1. The Balaban J connectivity index is 2.03. The fourth-order valence-corrected chi connectivity index (χ4v) is 2.37. The van der Waals surface area contributed by atoms with Crippen molar-refractivity contribution in [1.29, 1.82) is 0 Å². The first-order valence-corrected chi connectivity index (χ1v) is 6.86. The summed E-state index contributed by atoms with van der Waals surface area (Å²) in [5.41, 5.74) is 2.86. The Hall–Kier alpha value is -2.55. The van der Waals surface area contributed by atoms with Crippen molar-refractivity contribution in [3.8, 4) is 22.3 Å². The molecule has 0 heterocycles. The van der Waals surface area contributed by atoms with E-state index in [4.69, 9.17) is 0 Å². The van der Waals surface area contributed by atoms with Crippen LogP contribution in [-0.4, -0.2) is 0 Å². The van der Waals surface area contributed by atoms with Crippen molar-refractivity contribution in [3.63, 3.8) is 0 Å². The zero-order valence-electron chi connectivity index (χ0n) is 11.9. The molecule has 3 rings (SSSR count). The highest BCUT2D eigenvalue weighted by Crippen LogP contribution is 2.29. The minimum absolute atomic E-state index is 0.177. The maximum absolute atomic E-state index is 14.3. The quantitative estimate of drug-likeness (QED) is 0.565. The molecule has 0 radical (unpaired) electrons. The fraction of sp³-hybridized carbons (Fsp3) is 0.0526. The highest BCUT2D eigenvalue weighted by atomic mass is 19.1. The molecule has 0 N–H and O–H groups in total. The van der Waals surface area contributed by atoms with E-state index in [2.05, 4.69) is 0 Å². The molecule has 0 spiro atoms. The third-order valence-electron chi connectivity index (χ3n) is 3.57. The molecule has 0 aliphatic rings. The van der Waals surface area contributed by atoms with E-state index in [0.29, 0.717) is 11.1 Å². The lowest BCUT2D eigenvalue weighted by molar-refractivity contribution is 0.585. The lowest BCUT2D eigenvalue weighted by atomic mass is 9.99. The van der Waals surface area contributed by atoms with E-state index in [1.165, 1.54) is 12.1 Å². The molecule has 22 heavy (non-hydrogen) atoms. The summed E-state index contributed by atoms with van der Waals surface area (Å²) in [7, 11) is 0. The molecule has 0 unspecified atom stereocenters. The van der Waals surface area contributed by atoms with Gasteiger partial charge in [0.1, 0.15) is 17.5 Å². The predicted octanol–water partition coefficient (Wildman–Crippen LogP) is 5.75. The first-order chi connectivity index (χ1) is 10.5. The number of hydrogen-bond acceptors (Lipinski definition) is 0. The van der Waals surface area contributed by atoms with E-state index < -0.39 is 17.5 Å². The van der Waals surface area contributed by atoms with Crippen LogP contribution < -0.4 is 0 Å². The van der Waals surface area contributed by atoms with Crippen molar-refractivity contribution in [1.82, 2.24) is 0 Å². The van der Waals surface area contributed by atoms with Crippen molar-refractivity contribution in [2.45, 2.75) is 6.92 Å². The molecular weight excluding hydrogens is 285 g/mol. The molecular formula is C19H13F3. The van der Waals surface area contributed by atoms with Crippen molar-refractivity contribution in [2.24, 2.45) is 0 Å². The van der Waals surface area contributed by atoms with E-state index in [9.17, 15) is 13.2 Å². The van der Waals surface area contributed by atoms with Gasteiger partial charge in [0.05, 0.1) is 0 Å². The molecule has 110 valence electrons. The number of halogens is 3. The van der Waals surface area contributed by atoms with Crippen LogP contribution in [0.25, 0.3) is 22.3 Å². The topological polar surface area (TPSA) is 0 Å². The average molecular weight is 298 g/mol. The number of hydrogen-bond donors (Lipinski definition) is 0. The Labute approximate surface area is 126 Å². The van der Waals surface area contributed by atoms with E-state index in [1.54, 1.807) is 12.1 Å². The summed E-state index contributed by atoms with van der Waals surface area (Å²) in [6, 6.07) is 15.3. The van der Waals surface area contributed by atoms with Crippen LogP contribution in [0.4, 0.5) is 13.2 Å². The first-order valence-electron chi connectivity index (χ1n) is 6.86. The smallest absolute Gasteiger partial charge is 0.133 e. The SMILES string of the molecule is Cc1ccc(-c2ccc(-c3ccc(F)cc3F)cc2F)cc1. The van der Waals surface area contributed by atoms with Gasteiger partial charge in [-0.2, -0.15) is 0 Å². The van der Waals surface area contributed by atoms with Gasteiger partial charge in [-0.3, -0.25) is 0 Å². The summed E-state index contributed by atoms with van der Waals surface area (Å²) in [6.45, 7) is 1.96. The average Bonchev–Trinajstić information content (AvgIpc) is 2.48. The van der Waals surface area contributed by atoms with E-state index >= 15 is 0 Å². The van der Waals surface area contributed by atoms with Crippen LogP contribution in [0.1, 0.15) is 5.56 Å². The molecule has 0 saturated carbocycles. The highest BCUT2D eigenvalue weighted by Gasteiger charge is 2.10. The molecule has 0 nitrogen and oxygen atoms in total. The largest absolute Gasteiger partial charge is 0.207 e. The van der Waals surface area contributed by atoms with Crippen molar-refractivity contribution in [2.75, 3.05) is 0 Å². The number of rotatable bonds is 2. The predicted molar refractivity (Wildman–Crippen MR) is 81.9 cm³/mol. The highest BCUT2D eigenvalue weighted by molar-refractivity contribution is 5.71. The summed E-state index contributed by atoms with van der Waals surface area (Å²) in [4.78, 5) is 0. The first kappa shape index (κ1) is 14.4. The molecule has 0 saturated heterocycles. The standard InChI is InChI=1S/C19H13F3/c1-12-2-4-13(5-3-12)16-8-6-14(10-18(16)21)17-9-7-15(20)11-19(17)22/h2-11H,1H3. The van der Waals surface area contributed by atoms with Gasteiger partial charge in [0.25, 0.3) is 0 Å². The molecule has 0 bridgehead atoms. The van der Waals surface area contributed by atoms with Crippen molar-refractivity contribution in [3.05, 3.63) is 83.7 Å². The van der Waals surface area contributed by atoms with E-state index in [1.807, 2.05) is 31.2 Å². The Morgan fingerprint density at radius 1 is 0.591 bits per heavy atom. The molecule has 0 atom stereocenters. The van der Waals surface area contributed by atoms with Gasteiger partial charge < -0.3 is 0 Å². The van der Waals surface area contributed by atoms with Gasteiger partial charge in [-0.15, -0.1) is 0 Å². The molecule has 0 aromatic heterocycles. The molecule has 3 aromatic rings. The van der Waals surface area contributed by atoms with Crippen LogP contribution in [0, 0.1) is 24.4 Å². The second-order valence-electron chi connectivity index (χ2n) is 5.18. The molecule has 0 aliphatic heterocycles. The second kappa shape index (κ2) is 5.68. The van der Waals surface area contributed by atoms with Gasteiger partial charge in [0.2, 0.25) is 0 Å². The van der Waals surface area contributed by atoms with E-state index in [-0.39, 0.29) is 5.56 Å². The Morgan fingerprint density at radius 2 is 1.14 bits per heavy atom. The summed E-state index contributed by atoms with van der Waals surface area (Å²) >= 11 is 0. The van der Waals surface area contributed by atoms with Gasteiger partial charge in [0.15, 0.2) is 0 Å². The zero-order chi connectivity index (χ0) is 15.7. The summed E-state index contributed by atoms with van der Waals surface area (Å²) < 4.78 is 41.1. The van der Waals surface area contributed by atoms with Crippen LogP contribution in [0.15, 0.2) is 60.7 Å². The zero-order valence-corrected chi connectivity index (χ0v) is 11.9. The fourth-order valence-electron chi connectivity index (χ4n) is 2.37. The summed E-state index contributed by atoms with van der Waals surface area (Å²) in [6.07, 6.45) is 0. The lowest BCUT2D eigenvalue weighted by Crippen LogP contribution is -1.90. The Bertz CT molecular complexity index is 821. The third-order valence-corrected chi connectivity index (χ3v) is 3.57. The van der Waals surface area contributed by atoms with E-state index in [0.717, 1.165) is 23.3 Å². The monoisotopic (exact) mass is 298 g/mol. The van der Waals surface area contributed by atoms with Crippen LogP contribution in [0.2, 0.25) is 0 Å². The molecule has 0 fully saturated rings. The van der Waals surface area contributed by atoms with Crippen LogP contribution in [0.5, 0.6) is 0 Å². The maximum Gasteiger partial charge on any atom is 0.133 e. The normalized spacial score (nSPS) is 10.7. The van der Waals surface area contributed by atoms with Crippen LogP contribution in [0.3, 0.4) is 0 Å². The third kappa shape index (κ3) is 2.75. The minimum Gasteiger partial charge on any atom is -0.207 e.